The molecule has 3 rings (SSSR count). The molecule has 2 aromatic rings. The van der Waals surface area contributed by atoms with E-state index in [1.165, 1.54) is 0 Å². The molecule has 0 aliphatic carbocycles. The molecule has 1 aliphatic rings. The molecular weight excluding hydrogens is 276 g/mol. The van der Waals surface area contributed by atoms with Crippen LogP contribution in [0.2, 0.25) is 0 Å². The Kier molecular flexibility index (Phi) is 4.35. The molecule has 2 N–H and O–H groups in total. The standard InChI is InChI=1S/C15H18N2O2.ClH/c1-10(16)12-6-7-17(9-12)15(18)14-8-11-4-2-3-5-13(11)19-14;/h2-5,8,10,12H,6-7,9,16H2,1H3;1H. The second-order valence-electron chi connectivity index (χ2n) is 5.31. The summed E-state index contributed by atoms with van der Waals surface area (Å²) >= 11 is 0. The van der Waals surface area contributed by atoms with E-state index in [2.05, 4.69) is 0 Å². The van der Waals surface area contributed by atoms with Crippen molar-refractivity contribution in [2.24, 2.45) is 11.7 Å². The lowest BCUT2D eigenvalue weighted by molar-refractivity contribution is 0.0757. The molecular formula is C15H19ClN2O2. The fraction of sp³-hybridized carbons (Fsp3) is 0.400. The Morgan fingerprint density at radius 3 is 2.85 bits per heavy atom. The quantitative estimate of drug-likeness (QED) is 0.926. The summed E-state index contributed by atoms with van der Waals surface area (Å²) in [5, 5.41) is 0.966. The minimum Gasteiger partial charge on any atom is -0.451 e. The first-order chi connectivity index (χ1) is 9.15. The Balaban J connectivity index is 0.00000147. The number of carbonyl (C=O) groups is 1. The summed E-state index contributed by atoms with van der Waals surface area (Å²) in [4.78, 5) is 14.2. The third-order valence-electron chi connectivity index (χ3n) is 3.89. The van der Waals surface area contributed by atoms with Crippen molar-refractivity contribution in [3.8, 4) is 0 Å². The number of nitrogens with zero attached hydrogens (tertiary/aromatic N) is 1. The van der Waals surface area contributed by atoms with E-state index < -0.39 is 0 Å². The number of carbonyl (C=O) groups excluding carboxylic acids is 1. The number of furan rings is 1. The molecule has 1 aliphatic heterocycles. The number of rotatable bonds is 2. The van der Waals surface area contributed by atoms with Crippen LogP contribution in [0.1, 0.15) is 23.9 Å². The van der Waals surface area contributed by atoms with E-state index in [4.69, 9.17) is 10.2 Å². The molecule has 0 spiro atoms. The second kappa shape index (κ2) is 5.85. The van der Waals surface area contributed by atoms with Crippen LogP contribution in [0, 0.1) is 5.92 Å². The maximum Gasteiger partial charge on any atom is 0.289 e. The van der Waals surface area contributed by atoms with Gasteiger partial charge in [0.05, 0.1) is 0 Å². The number of nitrogens with two attached hydrogens (primary N) is 1. The van der Waals surface area contributed by atoms with Gasteiger partial charge in [0.1, 0.15) is 5.58 Å². The summed E-state index contributed by atoms with van der Waals surface area (Å²) in [5.41, 5.74) is 6.66. The molecule has 4 nitrogen and oxygen atoms in total. The maximum atomic E-state index is 12.4. The monoisotopic (exact) mass is 294 g/mol. The highest BCUT2D eigenvalue weighted by Crippen LogP contribution is 2.24. The molecule has 20 heavy (non-hydrogen) atoms. The third-order valence-corrected chi connectivity index (χ3v) is 3.89. The van der Waals surface area contributed by atoms with Gasteiger partial charge in [-0.25, -0.2) is 0 Å². The molecule has 0 radical (unpaired) electrons. The maximum absolute atomic E-state index is 12.4. The van der Waals surface area contributed by atoms with Crippen LogP contribution >= 0.6 is 12.4 Å². The molecule has 1 aromatic heterocycles. The molecule has 0 bridgehead atoms. The fourth-order valence-electron chi connectivity index (χ4n) is 2.64. The van der Waals surface area contributed by atoms with Crippen molar-refractivity contribution in [2.45, 2.75) is 19.4 Å². The van der Waals surface area contributed by atoms with Crippen LogP contribution in [-0.4, -0.2) is 29.9 Å². The molecule has 1 amide bonds. The van der Waals surface area contributed by atoms with Gasteiger partial charge in [0.2, 0.25) is 0 Å². The van der Waals surface area contributed by atoms with Gasteiger partial charge in [-0.1, -0.05) is 18.2 Å². The van der Waals surface area contributed by atoms with Crippen LogP contribution in [-0.2, 0) is 0 Å². The molecule has 1 aromatic carbocycles. The molecule has 1 saturated heterocycles. The Hall–Kier alpha value is -1.52. The SMILES string of the molecule is CC(N)C1CCN(C(=O)c2cc3ccccc3o2)C1.Cl. The Bertz CT molecular complexity index is 576. The summed E-state index contributed by atoms with van der Waals surface area (Å²) in [6.45, 7) is 3.50. The topological polar surface area (TPSA) is 59.5 Å². The number of halogens is 1. The van der Waals surface area contributed by atoms with E-state index >= 15 is 0 Å². The lowest BCUT2D eigenvalue weighted by Gasteiger charge is -2.16. The first kappa shape index (κ1) is 14.9. The molecule has 2 unspecified atom stereocenters. The predicted octanol–water partition coefficient (Wildman–Crippen LogP) is 2.66. The van der Waals surface area contributed by atoms with Gasteiger partial charge in [0, 0.05) is 24.5 Å². The number of likely N-dealkylation sites (tertiary alicyclic amines) is 1. The number of benzene rings is 1. The molecule has 2 atom stereocenters. The van der Waals surface area contributed by atoms with Crippen LogP contribution in [0.5, 0.6) is 0 Å². The average Bonchev–Trinajstić information content (AvgIpc) is 3.04. The summed E-state index contributed by atoms with van der Waals surface area (Å²) in [6.07, 6.45) is 0.976. The minimum absolute atomic E-state index is 0. The van der Waals surface area contributed by atoms with Gasteiger partial charge in [-0.2, -0.15) is 0 Å². The van der Waals surface area contributed by atoms with Crippen LogP contribution in [0.4, 0.5) is 0 Å². The summed E-state index contributed by atoms with van der Waals surface area (Å²) < 4.78 is 5.62. The van der Waals surface area contributed by atoms with Gasteiger partial charge >= 0.3 is 0 Å². The third kappa shape index (κ3) is 2.67. The van der Waals surface area contributed by atoms with Gasteiger partial charge in [0.25, 0.3) is 5.91 Å². The fourth-order valence-corrected chi connectivity index (χ4v) is 2.64. The van der Waals surface area contributed by atoms with Gasteiger partial charge in [-0.3, -0.25) is 4.79 Å². The second-order valence-corrected chi connectivity index (χ2v) is 5.31. The zero-order valence-corrected chi connectivity index (χ0v) is 12.2. The molecule has 5 heteroatoms. The Morgan fingerprint density at radius 2 is 2.20 bits per heavy atom. The average molecular weight is 295 g/mol. The zero-order valence-electron chi connectivity index (χ0n) is 11.4. The highest BCUT2D eigenvalue weighted by molar-refractivity contribution is 5.96. The van der Waals surface area contributed by atoms with Crippen molar-refractivity contribution in [3.63, 3.8) is 0 Å². The zero-order chi connectivity index (χ0) is 13.4. The number of fused-ring (bicyclic) bond motifs is 1. The molecule has 0 saturated carbocycles. The van der Waals surface area contributed by atoms with Crippen LogP contribution in [0.25, 0.3) is 11.0 Å². The van der Waals surface area contributed by atoms with Crippen molar-refractivity contribution in [1.82, 2.24) is 4.90 Å². The summed E-state index contributed by atoms with van der Waals surface area (Å²) in [7, 11) is 0. The number of para-hydroxylation sites is 1. The summed E-state index contributed by atoms with van der Waals surface area (Å²) in [6, 6.07) is 9.62. The summed E-state index contributed by atoms with van der Waals surface area (Å²) in [5.74, 6) is 0.791. The predicted molar refractivity (Wildman–Crippen MR) is 81.1 cm³/mol. The largest absolute Gasteiger partial charge is 0.451 e. The smallest absolute Gasteiger partial charge is 0.289 e. The highest BCUT2D eigenvalue weighted by atomic mass is 35.5. The molecule has 108 valence electrons. The van der Waals surface area contributed by atoms with E-state index in [1.54, 1.807) is 0 Å². The first-order valence-corrected chi connectivity index (χ1v) is 6.68. The van der Waals surface area contributed by atoms with Crippen molar-refractivity contribution >= 4 is 29.3 Å². The molecule has 2 heterocycles. The van der Waals surface area contributed by atoms with Gasteiger partial charge in [-0.15, -0.1) is 12.4 Å². The number of hydrogen-bond acceptors (Lipinski definition) is 3. The van der Waals surface area contributed by atoms with Crippen molar-refractivity contribution in [1.29, 1.82) is 0 Å². The number of hydrogen-bond donors (Lipinski definition) is 1. The highest BCUT2D eigenvalue weighted by Gasteiger charge is 2.30. The van der Waals surface area contributed by atoms with E-state index in [0.29, 0.717) is 11.7 Å². The van der Waals surface area contributed by atoms with E-state index in [0.717, 1.165) is 30.5 Å². The lowest BCUT2D eigenvalue weighted by atomic mass is 10.0. The van der Waals surface area contributed by atoms with E-state index in [9.17, 15) is 4.79 Å². The minimum atomic E-state index is -0.0284. The first-order valence-electron chi connectivity index (χ1n) is 6.68. The van der Waals surface area contributed by atoms with Crippen LogP contribution in [0.3, 0.4) is 0 Å². The van der Waals surface area contributed by atoms with Crippen molar-refractivity contribution < 1.29 is 9.21 Å². The van der Waals surface area contributed by atoms with Crippen LogP contribution < -0.4 is 5.73 Å². The van der Waals surface area contributed by atoms with Gasteiger partial charge in [-0.05, 0) is 31.4 Å². The molecule has 1 fully saturated rings. The van der Waals surface area contributed by atoms with Crippen molar-refractivity contribution in [3.05, 3.63) is 36.1 Å². The normalized spacial score (nSPS) is 19.9. The Morgan fingerprint density at radius 1 is 1.45 bits per heavy atom. The number of amides is 1. The van der Waals surface area contributed by atoms with Gasteiger partial charge in [0.15, 0.2) is 5.76 Å². The van der Waals surface area contributed by atoms with E-state index in [1.807, 2.05) is 42.2 Å². The lowest BCUT2D eigenvalue weighted by Crippen LogP contribution is -2.32. The van der Waals surface area contributed by atoms with Crippen LogP contribution in [0.15, 0.2) is 34.7 Å². The Labute approximate surface area is 124 Å². The van der Waals surface area contributed by atoms with E-state index in [-0.39, 0.29) is 24.4 Å². The van der Waals surface area contributed by atoms with Gasteiger partial charge < -0.3 is 15.1 Å². The van der Waals surface area contributed by atoms with Crippen molar-refractivity contribution in [2.75, 3.05) is 13.1 Å².